The number of carbonyl (C=O) groups excluding carboxylic acids is 1. The van der Waals surface area contributed by atoms with Crippen LogP contribution in [0.15, 0.2) is 24.5 Å². The number of imidazole rings is 1. The molecular formula is C13H12N4O. The number of nitrogens with zero attached hydrogens (tertiary/aromatic N) is 1. The summed E-state index contributed by atoms with van der Waals surface area (Å²) in [5.74, 6) is -0.127. The molecule has 1 aromatic heterocycles. The molecule has 1 amide bonds. The predicted molar refractivity (Wildman–Crippen MR) is 70.7 cm³/mol. The van der Waals surface area contributed by atoms with Gasteiger partial charge >= 0.3 is 0 Å². The van der Waals surface area contributed by atoms with E-state index in [2.05, 4.69) is 15.3 Å². The summed E-state index contributed by atoms with van der Waals surface area (Å²) in [5.41, 5.74) is 10.2. The molecule has 1 aliphatic heterocycles. The maximum absolute atomic E-state index is 11.9. The van der Waals surface area contributed by atoms with Gasteiger partial charge in [0.25, 0.3) is 5.91 Å². The average Bonchev–Trinajstić information content (AvgIpc) is 2.85. The van der Waals surface area contributed by atoms with E-state index in [1.54, 1.807) is 24.5 Å². The molecule has 0 atom stereocenters. The molecule has 5 nitrogen and oxygen atoms in total. The monoisotopic (exact) mass is 240 g/mol. The molecule has 1 aliphatic rings. The van der Waals surface area contributed by atoms with Crippen molar-refractivity contribution in [3.63, 3.8) is 0 Å². The Morgan fingerprint density at radius 1 is 1.39 bits per heavy atom. The van der Waals surface area contributed by atoms with E-state index in [0.717, 1.165) is 22.6 Å². The number of carbonyl (C=O) groups is 1. The Balaban J connectivity index is 2.12. The van der Waals surface area contributed by atoms with Crippen LogP contribution in [0.3, 0.4) is 0 Å². The van der Waals surface area contributed by atoms with Crippen molar-refractivity contribution in [3.8, 4) is 0 Å². The third-order valence-electron chi connectivity index (χ3n) is 2.98. The minimum atomic E-state index is -0.127. The molecule has 5 heteroatoms. The largest absolute Gasteiger partial charge is 0.399 e. The first-order valence-corrected chi connectivity index (χ1v) is 5.58. The van der Waals surface area contributed by atoms with Crippen LogP contribution < -0.4 is 11.1 Å². The van der Waals surface area contributed by atoms with Crippen LogP contribution in [-0.4, -0.2) is 15.9 Å². The highest BCUT2D eigenvalue weighted by Gasteiger charge is 2.24. The summed E-state index contributed by atoms with van der Waals surface area (Å²) in [4.78, 5) is 19.1. The number of aromatic amines is 1. The van der Waals surface area contributed by atoms with Crippen LogP contribution in [0, 0.1) is 6.92 Å². The second-order valence-electron chi connectivity index (χ2n) is 4.23. The maximum Gasteiger partial charge on any atom is 0.256 e. The van der Waals surface area contributed by atoms with Crippen molar-refractivity contribution >= 4 is 28.9 Å². The van der Waals surface area contributed by atoms with Crippen molar-refractivity contribution in [2.24, 2.45) is 0 Å². The first kappa shape index (κ1) is 10.6. The molecule has 2 heterocycles. The Kier molecular flexibility index (Phi) is 2.19. The number of amides is 1. The molecule has 0 bridgehead atoms. The SMILES string of the molecule is Cc1[nH]cnc1C=C1C(=O)Nc2cc(N)ccc21. The van der Waals surface area contributed by atoms with Gasteiger partial charge < -0.3 is 16.0 Å². The molecular weight excluding hydrogens is 228 g/mol. The molecule has 18 heavy (non-hydrogen) atoms. The van der Waals surface area contributed by atoms with E-state index in [0.29, 0.717) is 11.3 Å². The number of hydrogen-bond acceptors (Lipinski definition) is 3. The molecule has 1 aromatic carbocycles. The van der Waals surface area contributed by atoms with Crippen LogP contribution in [0.25, 0.3) is 11.6 Å². The summed E-state index contributed by atoms with van der Waals surface area (Å²) in [6.45, 7) is 1.91. The number of rotatable bonds is 1. The van der Waals surface area contributed by atoms with Crippen LogP contribution in [0.4, 0.5) is 11.4 Å². The fourth-order valence-electron chi connectivity index (χ4n) is 2.01. The number of aryl methyl sites for hydroxylation is 1. The van der Waals surface area contributed by atoms with Crippen LogP contribution in [0.2, 0.25) is 0 Å². The summed E-state index contributed by atoms with van der Waals surface area (Å²) < 4.78 is 0. The van der Waals surface area contributed by atoms with Gasteiger partial charge in [0.1, 0.15) is 0 Å². The van der Waals surface area contributed by atoms with Gasteiger partial charge in [0.2, 0.25) is 0 Å². The fraction of sp³-hybridized carbons (Fsp3) is 0.0769. The molecule has 0 radical (unpaired) electrons. The summed E-state index contributed by atoms with van der Waals surface area (Å²) in [6, 6.07) is 5.38. The zero-order valence-electron chi connectivity index (χ0n) is 9.82. The standard InChI is InChI=1S/C13H12N4O/c1-7-11(16-6-15-7)5-10-9-3-2-8(14)4-12(9)17-13(10)18/h2-6H,14H2,1H3,(H,15,16)(H,17,18). The number of fused-ring (bicyclic) bond motifs is 1. The lowest BCUT2D eigenvalue weighted by Crippen LogP contribution is -2.03. The van der Waals surface area contributed by atoms with Gasteiger partial charge in [0.05, 0.1) is 23.3 Å². The Labute approximate surface area is 104 Å². The Morgan fingerprint density at radius 2 is 2.22 bits per heavy atom. The molecule has 0 spiro atoms. The van der Waals surface area contributed by atoms with Crippen LogP contribution >= 0.6 is 0 Å². The van der Waals surface area contributed by atoms with Crippen molar-refractivity contribution in [2.75, 3.05) is 11.1 Å². The minimum Gasteiger partial charge on any atom is -0.399 e. The van der Waals surface area contributed by atoms with Crippen molar-refractivity contribution in [1.82, 2.24) is 9.97 Å². The number of nitrogen functional groups attached to an aromatic ring is 1. The van der Waals surface area contributed by atoms with Gasteiger partial charge in [-0.15, -0.1) is 0 Å². The lowest BCUT2D eigenvalue weighted by Gasteiger charge is -1.99. The molecule has 90 valence electrons. The molecule has 0 unspecified atom stereocenters. The molecule has 0 fully saturated rings. The maximum atomic E-state index is 11.9. The third kappa shape index (κ3) is 1.57. The second-order valence-corrected chi connectivity index (χ2v) is 4.23. The van der Waals surface area contributed by atoms with Gasteiger partial charge in [-0.25, -0.2) is 4.98 Å². The van der Waals surface area contributed by atoms with E-state index in [4.69, 9.17) is 5.73 Å². The molecule has 4 N–H and O–H groups in total. The smallest absolute Gasteiger partial charge is 0.256 e. The van der Waals surface area contributed by atoms with Gasteiger partial charge in [-0.2, -0.15) is 0 Å². The zero-order valence-corrected chi connectivity index (χ0v) is 9.82. The molecule has 2 aromatic rings. The van der Waals surface area contributed by atoms with Crippen LogP contribution in [-0.2, 0) is 4.79 Å². The van der Waals surface area contributed by atoms with Crippen molar-refractivity contribution < 1.29 is 4.79 Å². The van der Waals surface area contributed by atoms with Gasteiger partial charge in [0.15, 0.2) is 0 Å². The van der Waals surface area contributed by atoms with Crippen molar-refractivity contribution in [1.29, 1.82) is 0 Å². The molecule has 0 aliphatic carbocycles. The normalized spacial score (nSPS) is 15.8. The van der Waals surface area contributed by atoms with Gasteiger partial charge in [-0.3, -0.25) is 4.79 Å². The number of nitrogens with one attached hydrogen (secondary N) is 2. The highest BCUT2D eigenvalue weighted by atomic mass is 16.2. The van der Waals surface area contributed by atoms with E-state index in [1.807, 2.05) is 13.0 Å². The highest BCUT2D eigenvalue weighted by molar-refractivity contribution is 6.35. The van der Waals surface area contributed by atoms with Crippen LogP contribution in [0.5, 0.6) is 0 Å². The zero-order chi connectivity index (χ0) is 12.7. The third-order valence-corrected chi connectivity index (χ3v) is 2.98. The summed E-state index contributed by atoms with van der Waals surface area (Å²) in [5, 5.41) is 2.79. The predicted octanol–water partition coefficient (Wildman–Crippen LogP) is 1.79. The van der Waals surface area contributed by atoms with Crippen molar-refractivity contribution in [3.05, 3.63) is 41.5 Å². The molecule has 0 saturated heterocycles. The van der Waals surface area contributed by atoms with E-state index in [9.17, 15) is 4.79 Å². The average molecular weight is 240 g/mol. The number of nitrogens with two attached hydrogens (primary N) is 1. The van der Waals surface area contributed by atoms with E-state index >= 15 is 0 Å². The topological polar surface area (TPSA) is 83.8 Å². The first-order valence-electron chi connectivity index (χ1n) is 5.58. The first-order chi connectivity index (χ1) is 8.65. The quantitative estimate of drug-likeness (QED) is 0.525. The highest BCUT2D eigenvalue weighted by Crippen LogP contribution is 2.34. The Hall–Kier alpha value is -2.56. The summed E-state index contributed by atoms with van der Waals surface area (Å²) >= 11 is 0. The van der Waals surface area contributed by atoms with E-state index < -0.39 is 0 Å². The van der Waals surface area contributed by atoms with Crippen LogP contribution in [0.1, 0.15) is 17.0 Å². The lowest BCUT2D eigenvalue weighted by molar-refractivity contribution is -0.110. The van der Waals surface area contributed by atoms with Crippen molar-refractivity contribution in [2.45, 2.75) is 6.92 Å². The van der Waals surface area contributed by atoms with Gasteiger partial charge in [-0.05, 0) is 25.1 Å². The fourth-order valence-corrected chi connectivity index (χ4v) is 2.01. The second kappa shape index (κ2) is 3.73. The number of aromatic nitrogens is 2. The molecule has 3 rings (SSSR count). The minimum absolute atomic E-state index is 0.127. The lowest BCUT2D eigenvalue weighted by atomic mass is 10.1. The Bertz CT molecular complexity index is 669. The van der Waals surface area contributed by atoms with E-state index in [-0.39, 0.29) is 5.91 Å². The number of anilines is 2. The summed E-state index contributed by atoms with van der Waals surface area (Å²) in [7, 11) is 0. The van der Waals surface area contributed by atoms with E-state index in [1.165, 1.54) is 0 Å². The molecule has 0 saturated carbocycles. The van der Waals surface area contributed by atoms with Gasteiger partial charge in [-0.1, -0.05) is 6.07 Å². The number of hydrogen-bond donors (Lipinski definition) is 3. The number of H-pyrrole nitrogens is 1. The van der Waals surface area contributed by atoms with Gasteiger partial charge in [0, 0.05) is 16.9 Å². The number of benzene rings is 1. The Morgan fingerprint density at radius 3 is 2.94 bits per heavy atom. The summed E-state index contributed by atoms with van der Waals surface area (Å²) in [6.07, 6.45) is 3.39.